The first-order chi connectivity index (χ1) is 18.1. The van der Waals surface area contributed by atoms with Gasteiger partial charge in [0.1, 0.15) is 17.0 Å². The molecule has 5 rings (SSSR count). The van der Waals surface area contributed by atoms with Crippen molar-refractivity contribution in [3.05, 3.63) is 59.7 Å². The number of H-pyrrole nitrogens is 2. The lowest BCUT2D eigenvalue weighted by Gasteiger charge is -2.32. The summed E-state index contributed by atoms with van der Waals surface area (Å²) >= 11 is 0. The van der Waals surface area contributed by atoms with Crippen LogP contribution in [0.25, 0.3) is 39.1 Å². The number of nitrogens with zero attached hydrogens (tertiary/aromatic N) is 3. The average molecular weight is 539 g/mol. The van der Waals surface area contributed by atoms with Crippen molar-refractivity contribution in [2.75, 3.05) is 25.9 Å². The Morgan fingerprint density at radius 1 is 1.24 bits per heavy atom. The third-order valence-electron chi connectivity index (χ3n) is 7.03. The molecule has 0 saturated heterocycles. The van der Waals surface area contributed by atoms with Gasteiger partial charge in [-0.3, -0.25) is 10.00 Å². The lowest BCUT2D eigenvalue weighted by Crippen LogP contribution is -2.42. The zero-order valence-corrected chi connectivity index (χ0v) is 22.4. The molecule has 38 heavy (non-hydrogen) atoms. The summed E-state index contributed by atoms with van der Waals surface area (Å²) in [5.74, 6) is 0.276. The molecule has 2 aromatic carbocycles. The van der Waals surface area contributed by atoms with Crippen LogP contribution in [-0.2, 0) is 16.4 Å². The monoisotopic (exact) mass is 538 g/mol. The molecule has 11 heteroatoms. The van der Waals surface area contributed by atoms with Crippen molar-refractivity contribution in [3.8, 4) is 28.4 Å². The maximum atomic E-state index is 15.6. The molecule has 200 valence electrons. The lowest BCUT2D eigenvalue weighted by atomic mass is 9.96. The van der Waals surface area contributed by atoms with E-state index in [1.807, 2.05) is 19.2 Å². The summed E-state index contributed by atoms with van der Waals surface area (Å²) < 4.78 is 41.0. The topological polar surface area (TPSA) is 127 Å². The number of fused-ring (bicyclic) bond motifs is 1. The number of sulfonamides is 1. The molecule has 0 aliphatic carbocycles. The van der Waals surface area contributed by atoms with Gasteiger partial charge in [0.2, 0.25) is 10.0 Å². The van der Waals surface area contributed by atoms with Gasteiger partial charge in [-0.25, -0.2) is 22.5 Å². The molecule has 3 heterocycles. The number of aromatic amines is 2. The molecule has 4 aromatic rings. The predicted molar refractivity (Wildman–Crippen MR) is 147 cm³/mol. The summed E-state index contributed by atoms with van der Waals surface area (Å²) in [6.07, 6.45) is 6.62. The number of aromatic hydroxyl groups is 1. The second-order valence-corrected chi connectivity index (χ2v) is 11.5. The van der Waals surface area contributed by atoms with Crippen LogP contribution in [0.3, 0.4) is 0 Å². The van der Waals surface area contributed by atoms with Gasteiger partial charge in [0.25, 0.3) is 0 Å². The molecule has 0 radical (unpaired) electrons. The van der Waals surface area contributed by atoms with E-state index >= 15 is 4.39 Å². The maximum Gasteiger partial charge on any atom is 0.208 e. The van der Waals surface area contributed by atoms with E-state index in [0.29, 0.717) is 54.0 Å². The number of phenols is 1. The fourth-order valence-corrected chi connectivity index (χ4v) is 5.41. The molecule has 0 amide bonds. The van der Waals surface area contributed by atoms with Crippen LogP contribution in [-0.4, -0.2) is 70.5 Å². The summed E-state index contributed by atoms with van der Waals surface area (Å²) in [5, 5.41) is 17.7. The van der Waals surface area contributed by atoms with Crippen molar-refractivity contribution in [2.45, 2.75) is 32.7 Å². The predicted octanol–water partition coefficient (Wildman–Crippen LogP) is 4.05. The number of nitrogens with one attached hydrogen (secondary N) is 3. The summed E-state index contributed by atoms with van der Waals surface area (Å²) in [6, 6.07) is 8.80. The standard InChI is InChI=1S/C27H31FN6O3S/c1-4-17-13-19(35)7-8-20(17)21-9-10-22-25(24(21)28)32-33-26(22)27-29-14-23(31-27)18-6-5-16(2)34(15-18)12-11-30-38(3,36)37/h6-10,13-14,16,30,35H,4-5,11-12,15H2,1-3H3,(H,29,31)(H,32,33)/t16-/m0/s1. The quantitative estimate of drug-likeness (QED) is 0.268. The Balaban J connectivity index is 1.40. The second-order valence-electron chi connectivity index (χ2n) is 9.70. The van der Waals surface area contributed by atoms with Crippen molar-refractivity contribution < 1.29 is 17.9 Å². The van der Waals surface area contributed by atoms with E-state index in [4.69, 9.17) is 4.98 Å². The van der Waals surface area contributed by atoms with Crippen LogP contribution in [0.2, 0.25) is 0 Å². The van der Waals surface area contributed by atoms with Crippen molar-refractivity contribution in [1.29, 1.82) is 0 Å². The molecule has 9 nitrogen and oxygen atoms in total. The zero-order chi connectivity index (χ0) is 27.0. The molecule has 4 N–H and O–H groups in total. The average Bonchev–Trinajstić information content (AvgIpc) is 3.53. The van der Waals surface area contributed by atoms with Crippen LogP contribution in [0, 0.1) is 5.82 Å². The van der Waals surface area contributed by atoms with Crippen LogP contribution in [0.1, 0.15) is 31.5 Å². The van der Waals surface area contributed by atoms with E-state index < -0.39 is 15.8 Å². The highest BCUT2D eigenvalue weighted by Crippen LogP contribution is 2.35. The number of phenolic OH excluding ortho intramolecular Hbond substituents is 1. The number of rotatable bonds is 8. The first-order valence-electron chi connectivity index (χ1n) is 12.6. The first kappa shape index (κ1) is 26.1. The van der Waals surface area contributed by atoms with Crippen LogP contribution in [0.15, 0.2) is 42.6 Å². The number of aromatic nitrogens is 4. The number of halogens is 1. The molecule has 1 aliphatic heterocycles. The van der Waals surface area contributed by atoms with E-state index in [0.717, 1.165) is 35.1 Å². The molecule has 1 aliphatic rings. The van der Waals surface area contributed by atoms with Gasteiger partial charge in [-0.15, -0.1) is 0 Å². The Labute approximate surface area is 220 Å². The summed E-state index contributed by atoms with van der Waals surface area (Å²) in [5.41, 5.74) is 4.66. The Bertz CT molecular complexity index is 1620. The van der Waals surface area contributed by atoms with Gasteiger partial charge < -0.3 is 10.1 Å². The normalized spacial score (nSPS) is 16.7. The first-order valence-corrected chi connectivity index (χ1v) is 14.5. The highest BCUT2D eigenvalue weighted by atomic mass is 32.2. The molecule has 2 aromatic heterocycles. The number of hydrogen-bond acceptors (Lipinski definition) is 6. The molecule has 0 unspecified atom stereocenters. The van der Waals surface area contributed by atoms with Crippen LogP contribution in [0.4, 0.5) is 4.39 Å². The number of aryl methyl sites for hydroxylation is 1. The molecular formula is C27H31FN6O3S. The molecule has 1 atom stereocenters. The van der Waals surface area contributed by atoms with Crippen LogP contribution >= 0.6 is 0 Å². The van der Waals surface area contributed by atoms with Gasteiger partial charge in [0.15, 0.2) is 11.6 Å². The largest absolute Gasteiger partial charge is 0.508 e. The number of imidazole rings is 1. The SMILES string of the molecule is CCc1cc(O)ccc1-c1ccc2c(-c3nc(C4=CC[C@H](C)N(CCNS(C)(=O)=O)C4)c[nH]3)n[nH]c2c1F. The van der Waals surface area contributed by atoms with Crippen molar-refractivity contribution in [3.63, 3.8) is 0 Å². The Kier molecular flexibility index (Phi) is 7.08. The third kappa shape index (κ3) is 5.22. The fraction of sp³-hybridized carbons (Fsp3) is 0.333. The van der Waals surface area contributed by atoms with Crippen molar-refractivity contribution >= 4 is 26.5 Å². The number of hydrogen-bond donors (Lipinski definition) is 4. The maximum absolute atomic E-state index is 15.6. The van der Waals surface area contributed by atoms with Gasteiger partial charge in [0.05, 0.1) is 11.9 Å². The Hall–Kier alpha value is -3.54. The highest BCUT2D eigenvalue weighted by molar-refractivity contribution is 7.88. The Morgan fingerprint density at radius 2 is 2.03 bits per heavy atom. The molecule has 0 bridgehead atoms. The zero-order valence-electron chi connectivity index (χ0n) is 21.5. The Morgan fingerprint density at radius 3 is 2.79 bits per heavy atom. The smallest absolute Gasteiger partial charge is 0.208 e. The van der Waals surface area contributed by atoms with Gasteiger partial charge >= 0.3 is 0 Å². The highest BCUT2D eigenvalue weighted by Gasteiger charge is 2.23. The van der Waals surface area contributed by atoms with Gasteiger partial charge in [0, 0.05) is 42.8 Å². The van der Waals surface area contributed by atoms with Crippen LogP contribution < -0.4 is 4.72 Å². The minimum atomic E-state index is -3.23. The van der Waals surface area contributed by atoms with Gasteiger partial charge in [-0.1, -0.05) is 25.1 Å². The summed E-state index contributed by atoms with van der Waals surface area (Å²) in [6.45, 7) is 5.66. The second kappa shape index (κ2) is 10.3. The van der Waals surface area contributed by atoms with Crippen LogP contribution in [0.5, 0.6) is 5.75 Å². The van der Waals surface area contributed by atoms with Crippen molar-refractivity contribution in [2.24, 2.45) is 0 Å². The fourth-order valence-electron chi connectivity index (χ4n) is 4.95. The summed E-state index contributed by atoms with van der Waals surface area (Å²) in [7, 11) is -3.23. The van der Waals surface area contributed by atoms with Crippen molar-refractivity contribution in [1.82, 2.24) is 29.8 Å². The van der Waals surface area contributed by atoms with Gasteiger partial charge in [-0.2, -0.15) is 5.10 Å². The lowest BCUT2D eigenvalue weighted by molar-refractivity contribution is 0.232. The third-order valence-corrected chi connectivity index (χ3v) is 7.76. The molecule has 0 fully saturated rings. The van der Waals surface area contributed by atoms with E-state index in [1.54, 1.807) is 24.3 Å². The molecular weight excluding hydrogens is 507 g/mol. The van der Waals surface area contributed by atoms with E-state index in [2.05, 4.69) is 37.8 Å². The van der Waals surface area contributed by atoms with E-state index in [-0.39, 0.29) is 11.8 Å². The van der Waals surface area contributed by atoms with E-state index in [1.165, 1.54) is 0 Å². The minimum absolute atomic E-state index is 0.153. The number of benzene rings is 2. The molecule has 0 spiro atoms. The summed E-state index contributed by atoms with van der Waals surface area (Å²) in [4.78, 5) is 10.2. The van der Waals surface area contributed by atoms with E-state index in [9.17, 15) is 13.5 Å². The molecule has 0 saturated carbocycles. The van der Waals surface area contributed by atoms with Gasteiger partial charge in [-0.05, 0) is 54.7 Å². The minimum Gasteiger partial charge on any atom is -0.508 e.